The molecule has 1 heterocycles. The quantitative estimate of drug-likeness (QED) is 0.536. The van der Waals surface area contributed by atoms with Crippen molar-refractivity contribution in [3.05, 3.63) is 0 Å². The van der Waals surface area contributed by atoms with Gasteiger partial charge in [-0.15, -0.1) is 0 Å². The van der Waals surface area contributed by atoms with E-state index >= 15 is 0 Å². The van der Waals surface area contributed by atoms with Crippen molar-refractivity contribution in [2.75, 3.05) is 27.2 Å². The van der Waals surface area contributed by atoms with Crippen LogP contribution in [0.15, 0.2) is 0 Å². The van der Waals surface area contributed by atoms with Crippen LogP contribution in [-0.2, 0) is 0 Å². The highest BCUT2D eigenvalue weighted by Gasteiger charge is 2.27. The van der Waals surface area contributed by atoms with Gasteiger partial charge in [-0.2, -0.15) is 0 Å². The van der Waals surface area contributed by atoms with Gasteiger partial charge >= 0.3 is 0 Å². The van der Waals surface area contributed by atoms with Crippen LogP contribution in [0, 0.1) is 0 Å². The minimum atomic E-state index is 0.286. The highest BCUT2D eigenvalue weighted by atomic mass is 16.3. The molecule has 60 valence electrons. The third kappa shape index (κ3) is 1.48. The molecule has 1 unspecified atom stereocenters. The van der Waals surface area contributed by atoms with Crippen molar-refractivity contribution in [1.29, 1.82) is 0 Å². The van der Waals surface area contributed by atoms with Crippen LogP contribution < -0.4 is 5.32 Å². The van der Waals surface area contributed by atoms with E-state index in [1.807, 2.05) is 7.05 Å². The van der Waals surface area contributed by atoms with Crippen LogP contribution in [0.4, 0.5) is 0 Å². The molecule has 0 radical (unpaired) electrons. The predicted molar refractivity (Wildman–Crippen MR) is 41.0 cm³/mol. The van der Waals surface area contributed by atoms with Crippen molar-refractivity contribution < 1.29 is 5.11 Å². The van der Waals surface area contributed by atoms with Crippen molar-refractivity contribution in [2.24, 2.45) is 0 Å². The van der Waals surface area contributed by atoms with E-state index in [-0.39, 0.29) is 6.61 Å². The average Bonchev–Trinajstić information content (AvgIpc) is 2.30. The summed E-state index contributed by atoms with van der Waals surface area (Å²) in [6, 6.07) is 0.944. The van der Waals surface area contributed by atoms with E-state index in [4.69, 9.17) is 5.11 Å². The number of nitrogens with one attached hydrogen (secondary N) is 1. The standard InChI is InChI=1S/C7H16N2O/c1-8-6-3-7(5-10)9(2)4-6/h6-8,10H,3-5H2,1-2H3/t6-,7?/m1/s1. The molecular weight excluding hydrogens is 128 g/mol. The van der Waals surface area contributed by atoms with Crippen LogP contribution in [-0.4, -0.2) is 49.3 Å². The van der Waals surface area contributed by atoms with Crippen LogP contribution in [0.5, 0.6) is 0 Å². The molecule has 0 spiro atoms. The number of hydrogen-bond acceptors (Lipinski definition) is 3. The monoisotopic (exact) mass is 144 g/mol. The molecule has 2 N–H and O–H groups in total. The molecule has 0 bridgehead atoms. The largest absolute Gasteiger partial charge is 0.395 e. The number of nitrogens with zero attached hydrogens (tertiary/aromatic N) is 1. The molecule has 0 aromatic carbocycles. The summed E-state index contributed by atoms with van der Waals surface area (Å²) >= 11 is 0. The summed E-state index contributed by atoms with van der Waals surface area (Å²) in [5, 5.41) is 12.1. The first kappa shape index (κ1) is 7.98. The molecule has 3 heteroatoms. The Balaban J connectivity index is 2.36. The SMILES string of the molecule is CN[C@@H]1CC(CO)N(C)C1. The zero-order valence-electron chi connectivity index (χ0n) is 6.67. The van der Waals surface area contributed by atoms with Gasteiger partial charge in [-0.05, 0) is 20.5 Å². The number of rotatable bonds is 2. The van der Waals surface area contributed by atoms with E-state index in [2.05, 4.69) is 17.3 Å². The lowest BCUT2D eigenvalue weighted by atomic mass is 10.2. The molecule has 1 rings (SSSR count). The highest BCUT2D eigenvalue weighted by molar-refractivity contribution is 4.85. The number of aliphatic hydroxyl groups is 1. The maximum absolute atomic E-state index is 8.88. The van der Waals surface area contributed by atoms with Crippen LogP contribution in [0.3, 0.4) is 0 Å². The normalized spacial score (nSPS) is 35.1. The molecule has 0 aromatic rings. The Morgan fingerprint density at radius 3 is 2.70 bits per heavy atom. The van der Waals surface area contributed by atoms with Gasteiger partial charge in [0, 0.05) is 18.6 Å². The van der Waals surface area contributed by atoms with E-state index in [0.29, 0.717) is 12.1 Å². The van der Waals surface area contributed by atoms with Crippen LogP contribution in [0.2, 0.25) is 0 Å². The fraction of sp³-hybridized carbons (Fsp3) is 1.00. The zero-order valence-corrected chi connectivity index (χ0v) is 6.67. The molecule has 2 atom stereocenters. The first-order valence-corrected chi connectivity index (χ1v) is 3.76. The number of aliphatic hydroxyl groups excluding tert-OH is 1. The first-order chi connectivity index (χ1) is 4.77. The molecule has 10 heavy (non-hydrogen) atoms. The van der Waals surface area contributed by atoms with Crippen molar-refractivity contribution in [3.63, 3.8) is 0 Å². The minimum Gasteiger partial charge on any atom is -0.395 e. The molecule has 1 fully saturated rings. The van der Waals surface area contributed by atoms with Gasteiger partial charge in [0.05, 0.1) is 6.61 Å². The Hall–Kier alpha value is -0.120. The van der Waals surface area contributed by atoms with E-state index < -0.39 is 0 Å². The van der Waals surface area contributed by atoms with Crippen molar-refractivity contribution in [3.8, 4) is 0 Å². The molecule has 1 aliphatic heterocycles. The first-order valence-electron chi connectivity index (χ1n) is 3.76. The number of likely N-dealkylation sites (tertiary alicyclic amines) is 1. The molecule has 1 aliphatic rings. The average molecular weight is 144 g/mol. The molecule has 1 saturated heterocycles. The van der Waals surface area contributed by atoms with Gasteiger partial charge in [0.2, 0.25) is 0 Å². The Bertz CT molecular complexity index is 108. The number of likely N-dealkylation sites (N-methyl/N-ethyl adjacent to an activating group) is 2. The highest BCUT2D eigenvalue weighted by Crippen LogP contribution is 2.14. The summed E-state index contributed by atoms with van der Waals surface area (Å²) in [5.74, 6) is 0. The predicted octanol–water partition coefficient (Wildman–Crippen LogP) is -0.729. The van der Waals surface area contributed by atoms with Crippen LogP contribution >= 0.6 is 0 Å². The van der Waals surface area contributed by atoms with Crippen LogP contribution in [0.25, 0.3) is 0 Å². The van der Waals surface area contributed by atoms with Gasteiger partial charge in [-0.25, -0.2) is 0 Å². The fourth-order valence-corrected chi connectivity index (χ4v) is 1.50. The molecule has 0 aromatic heterocycles. The van der Waals surface area contributed by atoms with Crippen molar-refractivity contribution in [2.45, 2.75) is 18.5 Å². The second kappa shape index (κ2) is 3.32. The summed E-state index contributed by atoms with van der Waals surface area (Å²) in [6.45, 7) is 1.34. The zero-order chi connectivity index (χ0) is 7.56. The van der Waals surface area contributed by atoms with Gasteiger partial charge in [0.25, 0.3) is 0 Å². The molecule has 0 amide bonds. The van der Waals surface area contributed by atoms with Crippen molar-refractivity contribution >= 4 is 0 Å². The fourth-order valence-electron chi connectivity index (χ4n) is 1.50. The summed E-state index contributed by atoms with van der Waals surface area (Å²) in [4.78, 5) is 2.20. The second-order valence-corrected chi connectivity index (χ2v) is 3.00. The molecule has 0 aliphatic carbocycles. The molecule has 3 nitrogen and oxygen atoms in total. The summed E-state index contributed by atoms with van der Waals surface area (Å²) in [7, 11) is 4.02. The van der Waals surface area contributed by atoms with Gasteiger partial charge in [-0.3, -0.25) is 4.90 Å². The topological polar surface area (TPSA) is 35.5 Å². The van der Waals surface area contributed by atoms with Crippen LogP contribution in [0.1, 0.15) is 6.42 Å². The van der Waals surface area contributed by atoms with E-state index in [1.165, 1.54) is 0 Å². The van der Waals surface area contributed by atoms with Gasteiger partial charge in [0.15, 0.2) is 0 Å². The molecular formula is C7H16N2O. The summed E-state index contributed by atoms with van der Waals surface area (Å²) in [6.07, 6.45) is 1.07. The Kier molecular flexibility index (Phi) is 2.65. The van der Waals surface area contributed by atoms with E-state index in [0.717, 1.165) is 13.0 Å². The van der Waals surface area contributed by atoms with Gasteiger partial charge in [0.1, 0.15) is 0 Å². The smallest absolute Gasteiger partial charge is 0.0587 e. The van der Waals surface area contributed by atoms with E-state index in [9.17, 15) is 0 Å². The number of hydrogen-bond donors (Lipinski definition) is 2. The van der Waals surface area contributed by atoms with E-state index in [1.54, 1.807) is 0 Å². The molecule has 0 saturated carbocycles. The Labute approximate surface area is 62.0 Å². The Morgan fingerprint density at radius 2 is 2.40 bits per heavy atom. The Morgan fingerprint density at radius 1 is 1.70 bits per heavy atom. The lowest BCUT2D eigenvalue weighted by Gasteiger charge is -2.15. The van der Waals surface area contributed by atoms with Crippen molar-refractivity contribution in [1.82, 2.24) is 10.2 Å². The van der Waals surface area contributed by atoms with Gasteiger partial charge < -0.3 is 10.4 Å². The maximum atomic E-state index is 8.88. The summed E-state index contributed by atoms with van der Waals surface area (Å²) < 4.78 is 0. The second-order valence-electron chi connectivity index (χ2n) is 3.00. The third-order valence-electron chi connectivity index (χ3n) is 2.31. The third-order valence-corrected chi connectivity index (χ3v) is 2.31. The lowest BCUT2D eigenvalue weighted by Crippen LogP contribution is -2.29. The summed E-state index contributed by atoms with van der Waals surface area (Å²) in [5.41, 5.74) is 0. The minimum absolute atomic E-state index is 0.286. The lowest BCUT2D eigenvalue weighted by molar-refractivity contribution is 0.182. The van der Waals surface area contributed by atoms with Gasteiger partial charge in [-0.1, -0.05) is 0 Å². The maximum Gasteiger partial charge on any atom is 0.0587 e.